The molecular weight excluding hydrogens is 618 g/mol. The summed E-state index contributed by atoms with van der Waals surface area (Å²) in [6.45, 7) is 5.43. The Hall–Kier alpha value is -4.49. The summed E-state index contributed by atoms with van der Waals surface area (Å²) in [5.74, 6) is -3.42. The van der Waals surface area contributed by atoms with Crippen LogP contribution in [0.3, 0.4) is 0 Å². The summed E-state index contributed by atoms with van der Waals surface area (Å²) in [5, 5.41) is 14.7. The lowest BCUT2D eigenvalue weighted by Gasteiger charge is -2.28. The van der Waals surface area contributed by atoms with Crippen molar-refractivity contribution in [2.24, 2.45) is 17.8 Å². The molecule has 5 rings (SSSR count). The second-order valence-electron chi connectivity index (χ2n) is 12.8. The molecule has 2 fully saturated rings. The van der Waals surface area contributed by atoms with Gasteiger partial charge in [-0.1, -0.05) is 6.07 Å². The molecule has 4 N–H and O–H groups in total. The molecule has 10 nitrogen and oxygen atoms in total. The molecule has 0 spiro atoms. The maximum Gasteiger partial charge on any atom is 0.405 e. The van der Waals surface area contributed by atoms with Crippen LogP contribution in [0.25, 0.3) is 0 Å². The highest BCUT2D eigenvalue weighted by Crippen LogP contribution is 2.51. The maximum atomic E-state index is 15.7. The van der Waals surface area contributed by atoms with Gasteiger partial charge in [0.15, 0.2) is 0 Å². The van der Waals surface area contributed by atoms with E-state index in [9.17, 15) is 27.6 Å². The molecule has 47 heavy (non-hydrogen) atoms. The zero-order chi connectivity index (χ0) is 34.0. The van der Waals surface area contributed by atoms with E-state index in [1.165, 1.54) is 19.2 Å². The van der Waals surface area contributed by atoms with Crippen LogP contribution in [0.5, 0.6) is 0 Å². The van der Waals surface area contributed by atoms with Gasteiger partial charge in [-0.05, 0) is 107 Å². The van der Waals surface area contributed by atoms with Crippen LogP contribution in [-0.2, 0) is 9.59 Å². The van der Waals surface area contributed by atoms with Crippen molar-refractivity contribution in [2.75, 3.05) is 17.2 Å². The third-order valence-electron chi connectivity index (χ3n) is 8.57. The molecule has 0 aliphatic heterocycles. The largest absolute Gasteiger partial charge is 0.405 e. The number of aromatic nitrogens is 3. The van der Waals surface area contributed by atoms with Crippen LogP contribution in [0, 0.1) is 30.5 Å². The van der Waals surface area contributed by atoms with Crippen LogP contribution in [0.2, 0.25) is 0 Å². The Labute approximate surface area is 270 Å². The van der Waals surface area contributed by atoms with Gasteiger partial charge in [-0.15, -0.1) is 0 Å². The van der Waals surface area contributed by atoms with E-state index in [-0.39, 0.29) is 40.7 Å². The number of benzene rings is 1. The topological polar surface area (TPSA) is 130 Å². The third-order valence-corrected chi connectivity index (χ3v) is 8.57. The summed E-state index contributed by atoms with van der Waals surface area (Å²) in [6.07, 6.45) is 2.20. The fourth-order valence-corrected chi connectivity index (χ4v) is 5.87. The summed E-state index contributed by atoms with van der Waals surface area (Å²) in [4.78, 5) is 44.4. The fourth-order valence-electron chi connectivity index (χ4n) is 5.87. The number of anilines is 3. The molecular formula is C33H39F4N7O3. The van der Waals surface area contributed by atoms with Gasteiger partial charge in [0.05, 0.1) is 11.6 Å². The number of hydrogen-bond donors (Lipinski definition) is 4. The molecule has 1 unspecified atom stereocenters. The van der Waals surface area contributed by atoms with Gasteiger partial charge in [-0.25, -0.2) is 9.37 Å². The molecule has 0 radical (unpaired) electrons. The number of carbonyl (C=O) groups excluding carboxylic acids is 3. The second-order valence-corrected chi connectivity index (χ2v) is 12.8. The normalized spacial score (nSPS) is 16.1. The Morgan fingerprint density at radius 1 is 0.979 bits per heavy atom. The number of pyridine rings is 1. The molecule has 14 heteroatoms. The van der Waals surface area contributed by atoms with Crippen molar-refractivity contribution < 1.29 is 31.9 Å². The molecule has 2 aliphatic rings. The van der Waals surface area contributed by atoms with Gasteiger partial charge in [0.2, 0.25) is 11.8 Å². The van der Waals surface area contributed by atoms with E-state index < -0.39 is 48.2 Å². The molecule has 0 saturated heterocycles. The Balaban J connectivity index is 1.45. The number of rotatable bonds is 13. The molecule has 2 heterocycles. The summed E-state index contributed by atoms with van der Waals surface area (Å²) >= 11 is 0. The molecule has 0 bridgehead atoms. The lowest BCUT2D eigenvalue weighted by molar-refractivity contribution is -0.139. The zero-order valence-corrected chi connectivity index (χ0v) is 26.6. The minimum Gasteiger partial charge on any atom is -0.346 e. The van der Waals surface area contributed by atoms with E-state index in [1.54, 1.807) is 29.1 Å². The fraction of sp³-hybridized carbons (Fsp3) is 0.485. The minimum atomic E-state index is -4.62. The van der Waals surface area contributed by atoms with E-state index in [4.69, 9.17) is 0 Å². The monoisotopic (exact) mass is 657 g/mol. The Bertz CT molecular complexity index is 1600. The van der Waals surface area contributed by atoms with E-state index >= 15 is 4.39 Å². The number of carbonyl (C=O) groups is 3. The number of nitrogens with zero attached hydrogens (tertiary/aromatic N) is 3. The maximum absolute atomic E-state index is 15.7. The second kappa shape index (κ2) is 13.7. The molecule has 2 saturated carbocycles. The van der Waals surface area contributed by atoms with Gasteiger partial charge in [0.1, 0.15) is 29.9 Å². The quantitative estimate of drug-likeness (QED) is 0.167. The molecule has 2 aromatic heterocycles. The van der Waals surface area contributed by atoms with E-state index in [0.29, 0.717) is 11.5 Å². The Kier molecular flexibility index (Phi) is 9.87. The molecule has 2 atom stereocenters. The average Bonchev–Trinajstić information content (AvgIpc) is 3.96. The van der Waals surface area contributed by atoms with Gasteiger partial charge >= 0.3 is 6.18 Å². The highest BCUT2D eigenvalue weighted by molar-refractivity contribution is 6.01. The zero-order valence-electron chi connectivity index (χ0n) is 26.6. The average molecular weight is 658 g/mol. The Morgan fingerprint density at radius 3 is 2.23 bits per heavy atom. The van der Waals surface area contributed by atoms with E-state index in [0.717, 1.165) is 37.3 Å². The third kappa shape index (κ3) is 8.46. The number of nitrogens with one attached hydrogen (secondary N) is 4. The van der Waals surface area contributed by atoms with Crippen molar-refractivity contribution in [1.29, 1.82) is 0 Å². The van der Waals surface area contributed by atoms with Gasteiger partial charge in [0, 0.05) is 24.1 Å². The smallest absolute Gasteiger partial charge is 0.346 e. The van der Waals surface area contributed by atoms with E-state index in [1.807, 2.05) is 26.1 Å². The summed E-state index contributed by atoms with van der Waals surface area (Å²) in [6, 6.07) is 6.24. The summed E-state index contributed by atoms with van der Waals surface area (Å²) in [7, 11) is 0. The highest BCUT2D eigenvalue weighted by atomic mass is 19.4. The van der Waals surface area contributed by atoms with Crippen molar-refractivity contribution >= 4 is 34.9 Å². The standard InChI is InChI=1S/C33H39F4N7O3/c1-17(2)44-26(11-12-40-44)31(46)43-29(28(20-6-7-20)21-8-9-21)32(47)42-25-14-24(41-27-10-5-18(3)15-38-27)22(13-23(25)34)19(4)30(45)39-16-33(35,36)37/h5,10-15,17,19-21,28-29H,6-9,16H2,1-4H3,(H,38,41)(H,39,45)(H,42,47)(H,43,46)/t19?,29-/m0/s1. The lowest BCUT2D eigenvalue weighted by Crippen LogP contribution is -2.50. The molecule has 3 aromatic rings. The molecule has 1 aromatic carbocycles. The minimum absolute atomic E-state index is 0.0585. The molecule has 2 aliphatic carbocycles. The first-order chi connectivity index (χ1) is 22.2. The van der Waals surface area contributed by atoms with Crippen LogP contribution < -0.4 is 21.3 Å². The van der Waals surface area contributed by atoms with E-state index in [2.05, 4.69) is 26.0 Å². The van der Waals surface area contributed by atoms with Gasteiger partial charge in [-0.2, -0.15) is 18.3 Å². The van der Waals surface area contributed by atoms with Crippen molar-refractivity contribution in [3.63, 3.8) is 0 Å². The van der Waals surface area contributed by atoms with Crippen LogP contribution in [-0.4, -0.2) is 51.2 Å². The van der Waals surface area contributed by atoms with Crippen molar-refractivity contribution in [3.05, 3.63) is 65.4 Å². The van der Waals surface area contributed by atoms with Crippen LogP contribution in [0.4, 0.5) is 34.8 Å². The van der Waals surface area contributed by atoms with Crippen molar-refractivity contribution in [3.8, 4) is 0 Å². The summed E-state index contributed by atoms with van der Waals surface area (Å²) < 4.78 is 55.7. The number of hydrogen-bond acceptors (Lipinski definition) is 6. The van der Waals surface area contributed by atoms with Gasteiger partial charge in [-0.3, -0.25) is 19.1 Å². The van der Waals surface area contributed by atoms with Gasteiger partial charge in [0.25, 0.3) is 5.91 Å². The number of halogens is 4. The van der Waals surface area contributed by atoms with Gasteiger partial charge < -0.3 is 21.3 Å². The molecule has 252 valence electrons. The number of alkyl halides is 3. The Morgan fingerprint density at radius 2 is 1.66 bits per heavy atom. The van der Waals surface area contributed by atoms with Crippen LogP contribution in [0.1, 0.15) is 80.0 Å². The molecule has 3 amide bonds. The summed E-state index contributed by atoms with van der Waals surface area (Å²) in [5.41, 5.74) is 1.16. The predicted molar refractivity (Wildman–Crippen MR) is 168 cm³/mol. The first-order valence-electron chi connectivity index (χ1n) is 15.7. The van der Waals surface area contributed by atoms with Crippen LogP contribution >= 0.6 is 0 Å². The van der Waals surface area contributed by atoms with Crippen LogP contribution in [0.15, 0.2) is 42.7 Å². The van der Waals surface area contributed by atoms with Crippen molar-refractivity contribution in [2.45, 2.75) is 77.6 Å². The lowest BCUT2D eigenvalue weighted by atomic mass is 9.88. The highest BCUT2D eigenvalue weighted by Gasteiger charge is 2.48. The first kappa shape index (κ1) is 33.9. The predicted octanol–water partition coefficient (Wildman–Crippen LogP) is 6.01. The number of aryl methyl sites for hydroxylation is 1. The SMILES string of the molecule is Cc1ccc(Nc2cc(NC(=O)[C@@H](NC(=O)c3ccnn3C(C)C)C(C3CC3)C3CC3)c(F)cc2C(C)C(=O)NCC(F)(F)F)nc1. The first-order valence-corrected chi connectivity index (χ1v) is 15.7. The number of amides is 3. The van der Waals surface area contributed by atoms with Crippen molar-refractivity contribution in [1.82, 2.24) is 25.4 Å².